The lowest BCUT2D eigenvalue weighted by Crippen LogP contribution is -2.49. The predicted molar refractivity (Wildman–Crippen MR) is 133 cm³/mol. The van der Waals surface area contributed by atoms with Gasteiger partial charge in [0.05, 0.1) is 12.1 Å². The standard InChI is InChI=1S/C27H18Cl2FN3O2/c28-18-6-1-15(2-7-18)23-24(25(34)16-3-8-19(29)9-4-16)33-21-11-10-20(30)13-17(21)5-12-22(33)27(23,14-31)26(32)35/h1-13,22-24H,(H2,32,35)/t22-,23+,24-,27+/m0/s1. The molecule has 1 fully saturated rings. The lowest BCUT2D eigenvalue weighted by atomic mass is 9.67. The van der Waals surface area contributed by atoms with Gasteiger partial charge in [0.25, 0.3) is 0 Å². The minimum Gasteiger partial charge on any atom is -0.368 e. The van der Waals surface area contributed by atoms with Gasteiger partial charge in [-0.15, -0.1) is 0 Å². The first kappa shape index (κ1) is 23.1. The van der Waals surface area contributed by atoms with Crippen LogP contribution in [0.2, 0.25) is 10.0 Å². The minimum atomic E-state index is -1.79. The molecule has 5 rings (SSSR count). The molecule has 3 aromatic carbocycles. The Morgan fingerprint density at radius 2 is 1.63 bits per heavy atom. The number of primary amides is 1. The summed E-state index contributed by atoms with van der Waals surface area (Å²) in [7, 11) is 0. The maximum absolute atomic E-state index is 14.1. The zero-order valence-electron chi connectivity index (χ0n) is 18.2. The number of halogens is 3. The molecule has 5 nitrogen and oxygen atoms in total. The van der Waals surface area contributed by atoms with Crippen LogP contribution in [0.3, 0.4) is 0 Å². The molecule has 2 heterocycles. The second kappa shape index (κ2) is 8.53. The molecule has 3 aromatic rings. The Hall–Kier alpha value is -3.66. The molecule has 2 aliphatic rings. The molecule has 4 atom stereocenters. The summed E-state index contributed by atoms with van der Waals surface area (Å²) in [5.74, 6) is -2.55. The lowest BCUT2D eigenvalue weighted by Gasteiger charge is -2.36. The van der Waals surface area contributed by atoms with Gasteiger partial charge in [0.2, 0.25) is 5.91 Å². The normalized spacial score (nSPS) is 24.4. The number of ketones is 1. The summed E-state index contributed by atoms with van der Waals surface area (Å²) in [6, 6.07) is 17.6. The maximum Gasteiger partial charge on any atom is 0.241 e. The molecule has 2 aliphatic heterocycles. The SMILES string of the molecule is N#C[C@]1(C(N)=O)[C@H](c2ccc(Cl)cc2)[C@@H](C(=O)c2ccc(Cl)cc2)N2c3ccc(F)cc3C=C[C@H]21. The number of nitriles is 1. The summed E-state index contributed by atoms with van der Waals surface area (Å²) in [6.45, 7) is 0. The van der Waals surface area contributed by atoms with E-state index >= 15 is 0 Å². The Balaban J connectivity index is 1.80. The summed E-state index contributed by atoms with van der Waals surface area (Å²) < 4.78 is 14.1. The third-order valence-corrected chi connectivity index (χ3v) is 7.32. The number of fused-ring (bicyclic) bond motifs is 3. The van der Waals surface area contributed by atoms with Crippen LogP contribution in [0, 0.1) is 22.6 Å². The van der Waals surface area contributed by atoms with Crippen molar-refractivity contribution in [2.24, 2.45) is 11.1 Å². The predicted octanol–water partition coefficient (Wildman–Crippen LogP) is 5.38. The molecule has 0 saturated carbocycles. The van der Waals surface area contributed by atoms with E-state index in [0.717, 1.165) is 0 Å². The molecular weight excluding hydrogens is 488 g/mol. The Morgan fingerprint density at radius 1 is 1.00 bits per heavy atom. The molecule has 1 saturated heterocycles. The van der Waals surface area contributed by atoms with Crippen molar-refractivity contribution in [2.45, 2.75) is 18.0 Å². The van der Waals surface area contributed by atoms with E-state index in [0.29, 0.717) is 32.4 Å². The van der Waals surface area contributed by atoms with Gasteiger partial charge >= 0.3 is 0 Å². The van der Waals surface area contributed by atoms with Gasteiger partial charge in [-0.2, -0.15) is 5.26 Å². The Labute approximate surface area is 211 Å². The average Bonchev–Trinajstić information content (AvgIpc) is 3.16. The molecule has 0 aromatic heterocycles. The number of hydrogen-bond acceptors (Lipinski definition) is 4. The molecule has 0 bridgehead atoms. The van der Waals surface area contributed by atoms with Crippen molar-refractivity contribution in [3.63, 3.8) is 0 Å². The van der Waals surface area contributed by atoms with Crippen LogP contribution in [0.15, 0.2) is 72.8 Å². The molecule has 174 valence electrons. The number of carbonyl (C=O) groups excluding carboxylic acids is 2. The molecule has 0 spiro atoms. The highest BCUT2D eigenvalue weighted by molar-refractivity contribution is 6.31. The van der Waals surface area contributed by atoms with E-state index in [1.807, 2.05) is 0 Å². The quantitative estimate of drug-likeness (QED) is 0.482. The average molecular weight is 506 g/mol. The minimum absolute atomic E-state index is 0.324. The first-order valence-electron chi connectivity index (χ1n) is 10.8. The number of nitrogens with two attached hydrogens (primary N) is 1. The van der Waals surface area contributed by atoms with Gasteiger partial charge in [-0.1, -0.05) is 47.5 Å². The molecule has 0 aliphatic carbocycles. The van der Waals surface area contributed by atoms with Crippen LogP contribution in [0.25, 0.3) is 6.08 Å². The van der Waals surface area contributed by atoms with Gasteiger partial charge in [-0.05, 0) is 60.2 Å². The Kier molecular flexibility index (Phi) is 5.63. The van der Waals surface area contributed by atoms with Crippen LogP contribution < -0.4 is 10.6 Å². The highest BCUT2D eigenvalue weighted by Gasteiger charge is 2.65. The van der Waals surface area contributed by atoms with Crippen LogP contribution >= 0.6 is 23.2 Å². The number of hydrogen-bond donors (Lipinski definition) is 1. The first-order chi connectivity index (χ1) is 16.8. The number of amides is 1. The zero-order chi connectivity index (χ0) is 24.9. The second-order valence-corrected chi connectivity index (χ2v) is 9.48. The number of anilines is 1. The third kappa shape index (κ3) is 3.51. The molecule has 1 amide bonds. The number of nitrogens with zero attached hydrogens (tertiary/aromatic N) is 2. The lowest BCUT2D eigenvalue weighted by molar-refractivity contribution is -0.125. The molecular formula is C27H18Cl2FN3O2. The van der Waals surface area contributed by atoms with Gasteiger partial charge in [0, 0.05) is 32.8 Å². The zero-order valence-corrected chi connectivity index (χ0v) is 19.7. The fourth-order valence-electron chi connectivity index (χ4n) is 5.29. The largest absolute Gasteiger partial charge is 0.368 e. The molecule has 0 radical (unpaired) electrons. The molecule has 8 heteroatoms. The fourth-order valence-corrected chi connectivity index (χ4v) is 5.54. The van der Waals surface area contributed by atoms with E-state index in [1.54, 1.807) is 71.6 Å². The number of benzene rings is 3. The van der Waals surface area contributed by atoms with Crippen molar-refractivity contribution in [3.8, 4) is 6.07 Å². The van der Waals surface area contributed by atoms with E-state index in [-0.39, 0.29) is 5.78 Å². The van der Waals surface area contributed by atoms with Crippen molar-refractivity contribution in [2.75, 3.05) is 4.90 Å². The van der Waals surface area contributed by atoms with Crippen molar-refractivity contribution in [3.05, 3.63) is 105 Å². The number of rotatable bonds is 4. The van der Waals surface area contributed by atoms with Crippen LogP contribution in [0.4, 0.5) is 10.1 Å². The van der Waals surface area contributed by atoms with E-state index in [1.165, 1.54) is 12.1 Å². The van der Waals surface area contributed by atoms with Crippen LogP contribution in [0.1, 0.15) is 27.4 Å². The van der Waals surface area contributed by atoms with Gasteiger partial charge < -0.3 is 10.6 Å². The summed E-state index contributed by atoms with van der Waals surface area (Å²) >= 11 is 12.1. The van der Waals surface area contributed by atoms with Gasteiger partial charge in [0.1, 0.15) is 11.9 Å². The summed E-state index contributed by atoms with van der Waals surface area (Å²) in [5.41, 5.74) is 6.13. The van der Waals surface area contributed by atoms with E-state index in [9.17, 15) is 19.2 Å². The smallest absolute Gasteiger partial charge is 0.241 e. The van der Waals surface area contributed by atoms with Crippen molar-refractivity contribution < 1.29 is 14.0 Å². The van der Waals surface area contributed by atoms with Crippen molar-refractivity contribution in [1.29, 1.82) is 5.26 Å². The molecule has 2 N–H and O–H groups in total. The van der Waals surface area contributed by atoms with Gasteiger partial charge in [-0.3, -0.25) is 9.59 Å². The number of carbonyl (C=O) groups is 2. The number of Topliss-reactive ketones (excluding diaryl/α,β-unsaturated/α-hetero) is 1. The fraction of sp³-hybridized carbons (Fsp3) is 0.148. The highest BCUT2D eigenvalue weighted by atomic mass is 35.5. The topological polar surface area (TPSA) is 87.2 Å². The van der Waals surface area contributed by atoms with Crippen LogP contribution in [-0.4, -0.2) is 23.8 Å². The van der Waals surface area contributed by atoms with Crippen molar-refractivity contribution >= 4 is 46.7 Å². The van der Waals surface area contributed by atoms with E-state index in [4.69, 9.17) is 28.9 Å². The molecule has 35 heavy (non-hydrogen) atoms. The van der Waals surface area contributed by atoms with Gasteiger partial charge in [-0.25, -0.2) is 4.39 Å². The summed E-state index contributed by atoms with van der Waals surface area (Å²) in [4.78, 5) is 28.9. The van der Waals surface area contributed by atoms with Crippen molar-refractivity contribution in [1.82, 2.24) is 0 Å². The second-order valence-electron chi connectivity index (χ2n) is 8.60. The highest BCUT2D eigenvalue weighted by Crippen LogP contribution is 2.55. The van der Waals surface area contributed by atoms with E-state index in [2.05, 4.69) is 6.07 Å². The molecule has 0 unspecified atom stereocenters. The van der Waals surface area contributed by atoms with Crippen LogP contribution in [-0.2, 0) is 4.79 Å². The Bertz CT molecular complexity index is 1420. The van der Waals surface area contributed by atoms with Crippen LogP contribution in [0.5, 0.6) is 0 Å². The first-order valence-corrected chi connectivity index (χ1v) is 11.6. The van der Waals surface area contributed by atoms with E-state index < -0.39 is 35.1 Å². The monoisotopic (exact) mass is 505 g/mol. The summed E-state index contributed by atoms with van der Waals surface area (Å²) in [5, 5.41) is 11.4. The third-order valence-electron chi connectivity index (χ3n) is 6.82. The maximum atomic E-state index is 14.1. The Morgan fingerprint density at radius 3 is 2.23 bits per heavy atom. The van der Waals surface area contributed by atoms with Gasteiger partial charge in [0.15, 0.2) is 11.2 Å². The summed E-state index contributed by atoms with van der Waals surface area (Å²) in [6.07, 6.45) is 3.30.